The van der Waals surface area contributed by atoms with Crippen molar-refractivity contribution >= 4 is 55.6 Å². The van der Waals surface area contributed by atoms with E-state index in [9.17, 15) is 4.79 Å². The predicted molar refractivity (Wildman–Crippen MR) is 79.6 cm³/mol. The van der Waals surface area contributed by atoms with E-state index in [0.717, 1.165) is 9.86 Å². The molecule has 0 aliphatic rings. The number of aromatic nitrogens is 3. The van der Waals surface area contributed by atoms with Crippen LogP contribution in [0.4, 0.5) is 4.79 Å². The van der Waals surface area contributed by atoms with Crippen LogP contribution in [0.3, 0.4) is 0 Å². The van der Waals surface area contributed by atoms with E-state index in [-0.39, 0.29) is 0 Å². The molecule has 96 valence electrons. The van der Waals surface area contributed by atoms with Crippen molar-refractivity contribution in [2.45, 2.75) is 26.4 Å². The van der Waals surface area contributed by atoms with Gasteiger partial charge in [0.25, 0.3) is 0 Å². The maximum Gasteiger partial charge on any atom is 0.437 e. The van der Waals surface area contributed by atoms with Crippen LogP contribution in [0.15, 0.2) is 16.7 Å². The van der Waals surface area contributed by atoms with Gasteiger partial charge in [-0.15, -0.1) is 4.68 Å². The van der Waals surface area contributed by atoms with Gasteiger partial charge in [0.1, 0.15) is 9.30 Å². The number of fused-ring (bicyclic) bond motifs is 1. The van der Waals surface area contributed by atoms with Gasteiger partial charge >= 0.3 is 6.09 Å². The molecule has 0 atom stereocenters. The summed E-state index contributed by atoms with van der Waals surface area (Å²) in [4.78, 5) is 16.2. The molecule has 0 fully saturated rings. The molecule has 18 heavy (non-hydrogen) atoms. The predicted octanol–water partition coefficient (Wildman–Crippen LogP) is 3.58. The third kappa shape index (κ3) is 2.82. The summed E-state index contributed by atoms with van der Waals surface area (Å²) in [5, 5.41) is 4.98. The van der Waals surface area contributed by atoms with Crippen molar-refractivity contribution < 1.29 is 9.53 Å². The standard InChI is InChI=1S/C11H11BrIN3O2/c1-11(2,3)18-10(17)16-9-7(8(13)15-16)4-6(12)5-14-9/h4-5H,1-3H3. The Balaban J connectivity index is 2.49. The van der Waals surface area contributed by atoms with Gasteiger partial charge in [0.05, 0.1) is 5.39 Å². The van der Waals surface area contributed by atoms with E-state index in [1.165, 1.54) is 4.68 Å². The summed E-state index contributed by atoms with van der Waals surface area (Å²) in [6, 6.07) is 1.87. The van der Waals surface area contributed by atoms with Gasteiger partial charge in [0, 0.05) is 10.7 Å². The van der Waals surface area contributed by atoms with Gasteiger partial charge in [-0.05, 0) is 65.4 Å². The zero-order valence-electron chi connectivity index (χ0n) is 10.1. The van der Waals surface area contributed by atoms with Gasteiger partial charge in [-0.2, -0.15) is 5.10 Å². The van der Waals surface area contributed by atoms with E-state index < -0.39 is 11.7 Å². The summed E-state index contributed by atoms with van der Waals surface area (Å²) in [6.07, 6.45) is 1.10. The molecule has 0 spiro atoms. The fourth-order valence-corrected chi connectivity index (χ4v) is 2.32. The molecule has 7 heteroatoms. The highest BCUT2D eigenvalue weighted by Gasteiger charge is 2.22. The molecule has 0 bridgehead atoms. The van der Waals surface area contributed by atoms with Crippen molar-refractivity contribution in [3.63, 3.8) is 0 Å². The molecule has 2 aromatic rings. The molecule has 2 heterocycles. The molecule has 0 saturated carbocycles. The first kappa shape index (κ1) is 13.7. The molecule has 0 amide bonds. The van der Waals surface area contributed by atoms with Gasteiger partial charge in [0.15, 0.2) is 5.65 Å². The Morgan fingerprint density at radius 3 is 2.78 bits per heavy atom. The molecule has 0 unspecified atom stereocenters. The van der Waals surface area contributed by atoms with E-state index >= 15 is 0 Å². The average Bonchev–Trinajstić information content (AvgIpc) is 2.54. The van der Waals surface area contributed by atoms with Crippen molar-refractivity contribution in [3.8, 4) is 0 Å². The zero-order chi connectivity index (χ0) is 13.5. The topological polar surface area (TPSA) is 57.0 Å². The molecule has 0 saturated heterocycles. The molecule has 0 aliphatic carbocycles. The first-order valence-electron chi connectivity index (χ1n) is 5.21. The summed E-state index contributed by atoms with van der Waals surface area (Å²) < 4.78 is 8.03. The van der Waals surface area contributed by atoms with E-state index in [4.69, 9.17) is 4.74 Å². The van der Waals surface area contributed by atoms with Gasteiger partial charge in [-0.25, -0.2) is 9.78 Å². The van der Waals surface area contributed by atoms with Crippen molar-refractivity contribution in [1.82, 2.24) is 14.8 Å². The van der Waals surface area contributed by atoms with Crippen LogP contribution < -0.4 is 0 Å². The number of hydrogen-bond acceptors (Lipinski definition) is 4. The Morgan fingerprint density at radius 2 is 2.17 bits per heavy atom. The van der Waals surface area contributed by atoms with Crippen molar-refractivity contribution in [2.75, 3.05) is 0 Å². The van der Waals surface area contributed by atoms with Crippen LogP contribution in [0.2, 0.25) is 0 Å². The second-order valence-electron chi connectivity index (χ2n) is 4.71. The molecule has 5 nitrogen and oxygen atoms in total. The van der Waals surface area contributed by atoms with E-state index in [1.807, 2.05) is 26.8 Å². The minimum atomic E-state index is -0.559. The molecule has 2 aromatic heterocycles. The lowest BCUT2D eigenvalue weighted by molar-refractivity contribution is 0.0521. The van der Waals surface area contributed by atoms with Crippen LogP contribution in [0.25, 0.3) is 11.0 Å². The first-order valence-corrected chi connectivity index (χ1v) is 7.08. The number of rotatable bonds is 0. The molecule has 0 N–H and O–H groups in total. The van der Waals surface area contributed by atoms with E-state index in [0.29, 0.717) is 9.35 Å². The highest BCUT2D eigenvalue weighted by atomic mass is 127. The van der Waals surface area contributed by atoms with Crippen LogP contribution in [0, 0.1) is 3.70 Å². The Kier molecular flexibility index (Phi) is 3.63. The Morgan fingerprint density at radius 1 is 1.50 bits per heavy atom. The maximum atomic E-state index is 12.0. The Labute approximate surface area is 126 Å². The van der Waals surface area contributed by atoms with Gasteiger partial charge < -0.3 is 4.74 Å². The SMILES string of the molecule is CC(C)(C)OC(=O)n1nc(I)c2cc(Br)cnc21. The second-order valence-corrected chi connectivity index (χ2v) is 6.65. The number of hydrogen-bond donors (Lipinski definition) is 0. The number of ether oxygens (including phenoxy) is 1. The number of pyridine rings is 1. The highest BCUT2D eigenvalue weighted by molar-refractivity contribution is 14.1. The van der Waals surface area contributed by atoms with Crippen LogP contribution in [-0.4, -0.2) is 26.5 Å². The van der Waals surface area contributed by atoms with Crippen molar-refractivity contribution in [2.24, 2.45) is 0 Å². The lowest BCUT2D eigenvalue weighted by atomic mass is 10.2. The summed E-state index contributed by atoms with van der Waals surface area (Å²) in [6.45, 7) is 5.43. The minimum absolute atomic E-state index is 0.497. The normalized spacial score (nSPS) is 11.8. The minimum Gasteiger partial charge on any atom is -0.442 e. The first-order chi connectivity index (χ1) is 8.28. The van der Waals surface area contributed by atoms with Gasteiger partial charge in [-0.3, -0.25) is 0 Å². The number of nitrogens with zero attached hydrogens (tertiary/aromatic N) is 3. The fourth-order valence-electron chi connectivity index (χ4n) is 1.37. The van der Waals surface area contributed by atoms with Crippen LogP contribution >= 0.6 is 38.5 Å². The van der Waals surface area contributed by atoms with Crippen molar-refractivity contribution in [3.05, 3.63) is 20.4 Å². The summed E-state index contributed by atoms with van der Waals surface area (Å²) in [5.74, 6) is 0. The van der Waals surface area contributed by atoms with Crippen molar-refractivity contribution in [1.29, 1.82) is 0 Å². The molecular formula is C11H11BrIN3O2. The summed E-state index contributed by atoms with van der Waals surface area (Å²) in [5.41, 5.74) is -0.0623. The molecule has 0 radical (unpaired) electrons. The second kappa shape index (κ2) is 4.76. The Hall–Kier alpha value is -0.700. The number of halogens is 2. The molecular weight excluding hydrogens is 413 g/mol. The highest BCUT2D eigenvalue weighted by Crippen LogP contribution is 2.22. The Bertz CT molecular complexity index is 619. The smallest absolute Gasteiger partial charge is 0.437 e. The third-order valence-corrected chi connectivity index (χ3v) is 3.24. The average molecular weight is 424 g/mol. The molecule has 0 aliphatic heterocycles. The van der Waals surface area contributed by atoms with Gasteiger partial charge in [-0.1, -0.05) is 0 Å². The fraction of sp³-hybridized carbons (Fsp3) is 0.364. The van der Waals surface area contributed by atoms with Crippen LogP contribution in [0.5, 0.6) is 0 Å². The number of carbonyl (C=O) groups is 1. The number of carbonyl (C=O) groups excluding carboxylic acids is 1. The lowest BCUT2D eigenvalue weighted by Gasteiger charge is -2.18. The molecule has 2 rings (SSSR count). The molecule has 0 aromatic carbocycles. The lowest BCUT2D eigenvalue weighted by Crippen LogP contribution is -2.27. The largest absolute Gasteiger partial charge is 0.442 e. The van der Waals surface area contributed by atoms with E-state index in [1.54, 1.807) is 6.20 Å². The quantitative estimate of drug-likeness (QED) is 0.607. The summed E-state index contributed by atoms with van der Waals surface area (Å²) in [7, 11) is 0. The monoisotopic (exact) mass is 423 g/mol. The van der Waals surface area contributed by atoms with Gasteiger partial charge in [0.2, 0.25) is 0 Å². The zero-order valence-corrected chi connectivity index (χ0v) is 13.8. The van der Waals surface area contributed by atoms with E-state index in [2.05, 4.69) is 48.6 Å². The summed E-state index contributed by atoms with van der Waals surface area (Å²) >= 11 is 5.41. The van der Waals surface area contributed by atoms with Crippen LogP contribution in [0.1, 0.15) is 20.8 Å². The maximum absolute atomic E-state index is 12.0. The van der Waals surface area contributed by atoms with Crippen LogP contribution in [-0.2, 0) is 4.74 Å². The third-order valence-electron chi connectivity index (χ3n) is 2.01.